The maximum Gasteiger partial charge on any atom is 0.328 e. The topological polar surface area (TPSA) is 92.7 Å². The summed E-state index contributed by atoms with van der Waals surface area (Å²) in [6.45, 7) is 1.71. The molecule has 0 radical (unpaired) electrons. The van der Waals surface area contributed by atoms with Gasteiger partial charge in [-0.05, 0) is 6.92 Å². The first-order valence-corrected chi connectivity index (χ1v) is 4.42. The number of amides is 1. The lowest BCUT2D eigenvalue weighted by Crippen LogP contribution is -2.30. The third-order valence-corrected chi connectivity index (χ3v) is 2.30. The summed E-state index contributed by atoms with van der Waals surface area (Å²) in [4.78, 5) is 33.5. The minimum Gasteiger partial charge on any atom is -0.307 e. The van der Waals surface area contributed by atoms with Crippen molar-refractivity contribution in [3.05, 3.63) is 16.3 Å². The van der Waals surface area contributed by atoms with Crippen LogP contribution in [0.25, 0.3) is 11.2 Å². The van der Waals surface area contributed by atoms with Crippen molar-refractivity contribution >= 4 is 22.9 Å². The normalized spacial score (nSPS) is 14.3. The van der Waals surface area contributed by atoms with Crippen molar-refractivity contribution in [2.45, 2.75) is 13.5 Å². The number of imidazole rings is 1. The number of aromatic nitrogens is 4. The number of rotatable bonds is 0. The molecule has 0 fully saturated rings. The highest BCUT2D eigenvalue weighted by molar-refractivity contribution is 6.00. The van der Waals surface area contributed by atoms with Crippen LogP contribution < -0.4 is 11.0 Å². The number of H-pyrrole nitrogens is 1. The van der Waals surface area contributed by atoms with E-state index in [0.717, 1.165) is 0 Å². The van der Waals surface area contributed by atoms with E-state index in [1.165, 1.54) is 4.57 Å². The Morgan fingerprint density at radius 1 is 1.33 bits per heavy atom. The summed E-state index contributed by atoms with van der Waals surface area (Å²) in [5.74, 6) is 0.656. The van der Waals surface area contributed by atoms with E-state index in [9.17, 15) is 9.59 Å². The average Bonchev–Trinajstić information content (AvgIpc) is 2.43. The molecule has 2 aromatic heterocycles. The Hall–Kier alpha value is -2.18. The van der Waals surface area contributed by atoms with Gasteiger partial charge < -0.3 is 5.32 Å². The molecule has 3 rings (SSSR count). The summed E-state index contributed by atoms with van der Waals surface area (Å²) in [5, 5.41) is 2.61. The Balaban J connectivity index is 2.52. The van der Waals surface area contributed by atoms with Gasteiger partial charge in [0.25, 0.3) is 0 Å². The highest BCUT2D eigenvalue weighted by Gasteiger charge is 2.22. The molecular formula is C8H7N5O2. The molecule has 0 unspecified atom stereocenters. The standard InChI is InChI=1S/C8H7N5O2/c1-3-9-6-5-7(10-3)12-8(15)13(5)2-4(14)11-6/h2H2,1H3,(H2,9,10,11,12,14,15). The van der Waals surface area contributed by atoms with Crippen molar-refractivity contribution in [1.29, 1.82) is 0 Å². The highest BCUT2D eigenvalue weighted by Crippen LogP contribution is 2.20. The van der Waals surface area contributed by atoms with Crippen LogP contribution in [0.5, 0.6) is 0 Å². The molecule has 1 aliphatic rings. The van der Waals surface area contributed by atoms with E-state index in [-0.39, 0.29) is 18.1 Å². The number of anilines is 1. The Morgan fingerprint density at radius 2 is 2.13 bits per heavy atom. The van der Waals surface area contributed by atoms with Crippen LogP contribution in [0.1, 0.15) is 5.82 Å². The molecule has 7 heteroatoms. The van der Waals surface area contributed by atoms with Gasteiger partial charge in [-0.2, -0.15) is 0 Å². The van der Waals surface area contributed by atoms with E-state index < -0.39 is 0 Å². The van der Waals surface area contributed by atoms with Gasteiger partial charge in [0.15, 0.2) is 11.5 Å². The smallest absolute Gasteiger partial charge is 0.307 e. The lowest BCUT2D eigenvalue weighted by molar-refractivity contribution is -0.116. The number of hydrogen-bond acceptors (Lipinski definition) is 4. The first kappa shape index (κ1) is 8.16. The number of aromatic amines is 1. The van der Waals surface area contributed by atoms with E-state index >= 15 is 0 Å². The minimum atomic E-state index is -0.332. The van der Waals surface area contributed by atoms with Gasteiger partial charge >= 0.3 is 5.69 Å². The predicted molar refractivity (Wildman–Crippen MR) is 51.5 cm³/mol. The Bertz CT molecular complexity index is 638. The number of nitrogens with zero attached hydrogens (tertiary/aromatic N) is 3. The number of carbonyl (C=O) groups is 1. The molecule has 2 N–H and O–H groups in total. The molecule has 0 bridgehead atoms. The lowest BCUT2D eigenvalue weighted by atomic mass is 10.3. The van der Waals surface area contributed by atoms with Gasteiger partial charge in [0.1, 0.15) is 17.9 Å². The molecule has 3 heterocycles. The molecule has 1 aliphatic heterocycles. The Morgan fingerprint density at radius 3 is 2.93 bits per heavy atom. The van der Waals surface area contributed by atoms with Crippen LogP contribution in [0.3, 0.4) is 0 Å². The van der Waals surface area contributed by atoms with Crippen molar-refractivity contribution in [3.8, 4) is 0 Å². The van der Waals surface area contributed by atoms with Crippen LogP contribution in [0.4, 0.5) is 5.82 Å². The van der Waals surface area contributed by atoms with E-state index in [1.54, 1.807) is 6.92 Å². The van der Waals surface area contributed by atoms with Crippen LogP contribution >= 0.6 is 0 Å². The first-order valence-electron chi connectivity index (χ1n) is 4.42. The maximum absolute atomic E-state index is 11.5. The third-order valence-electron chi connectivity index (χ3n) is 2.30. The van der Waals surface area contributed by atoms with Crippen LogP contribution in [-0.4, -0.2) is 25.4 Å². The van der Waals surface area contributed by atoms with Crippen LogP contribution in [0.15, 0.2) is 4.79 Å². The Kier molecular flexibility index (Phi) is 1.33. The number of nitrogens with one attached hydrogen (secondary N) is 2. The van der Waals surface area contributed by atoms with E-state index in [0.29, 0.717) is 22.8 Å². The molecule has 0 aromatic carbocycles. The summed E-state index contributed by atoms with van der Waals surface area (Å²) in [6.07, 6.45) is 0. The second-order valence-corrected chi connectivity index (χ2v) is 3.38. The summed E-state index contributed by atoms with van der Waals surface area (Å²) in [6, 6.07) is 0. The highest BCUT2D eigenvalue weighted by atomic mass is 16.2. The fourth-order valence-corrected chi connectivity index (χ4v) is 1.73. The quantitative estimate of drug-likeness (QED) is 0.599. The fraction of sp³-hybridized carbons (Fsp3) is 0.250. The zero-order valence-electron chi connectivity index (χ0n) is 7.87. The van der Waals surface area contributed by atoms with Crippen molar-refractivity contribution in [1.82, 2.24) is 19.5 Å². The molecule has 7 nitrogen and oxygen atoms in total. The van der Waals surface area contributed by atoms with Crippen molar-refractivity contribution in [2.24, 2.45) is 0 Å². The van der Waals surface area contributed by atoms with Gasteiger partial charge in [0, 0.05) is 0 Å². The van der Waals surface area contributed by atoms with Crippen LogP contribution in [-0.2, 0) is 11.3 Å². The van der Waals surface area contributed by atoms with Gasteiger partial charge in [-0.1, -0.05) is 0 Å². The van der Waals surface area contributed by atoms with Crippen LogP contribution in [0.2, 0.25) is 0 Å². The number of aryl methyl sites for hydroxylation is 1. The molecule has 0 saturated heterocycles. The summed E-state index contributed by atoms with van der Waals surface area (Å²) in [7, 11) is 0. The molecule has 0 atom stereocenters. The van der Waals surface area contributed by atoms with E-state index in [1.807, 2.05) is 0 Å². The van der Waals surface area contributed by atoms with Gasteiger partial charge in [-0.3, -0.25) is 14.3 Å². The molecule has 1 amide bonds. The number of carbonyl (C=O) groups excluding carboxylic acids is 1. The second-order valence-electron chi connectivity index (χ2n) is 3.38. The largest absolute Gasteiger partial charge is 0.328 e. The molecular weight excluding hydrogens is 198 g/mol. The average molecular weight is 205 g/mol. The third kappa shape index (κ3) is 0.997. The number of hydrogen-bond donors (Lipinski definition) is 2. The van der Waals surface area contributed by atoms with Crippen molar-refractivity contribution in [2.75, 3.05) is 5.32 Å². The monoisotopic (exact) mass is 205 g/mol. The molecule has 15 heavy (non-hydrogen) atoms. The zero-order chi connectivity index (χ0) is 10.6. The first-order chi connectivity index (χ1) is 7.15. The summed E-state index contributed by atoms with van der Waals surface area (Å²) >= 11 is 0. The van der Waals surface area contributed by atoms with Crippen molar-refractivity contribution < 1.29 is 4.79 Å². The van der Waals surface area contributed by atoms with E-state index in [4.69, 9.17) is 0 Å². The zero-order valence-corrected chi connectivity index (χ0v) is 7.87. The SMILES string of the molecule is Cc1nc2c3c(n1)[nH]c(=O)n3CC(=O)N2. The summed E-state index contributed by atoms with van der Waals surface area (Å²) < 4.78 is 1.34. The van der Waals surface area contributed by atoms with Gasteiger partial charge in [-0.15, -0.1) is 0 Å². The molecule has 0 spiro atoms. The van der Waals surface area contributed by atoms with Gasteiger partial charge in [0.05, 0.1) is 0 Å². The van der Waals surface area contributed by atoms with Crippen molar-refractivity contribution in [3.63, 3.8) is 0 Å². The van der Waals surface area contributed by atoms with E-state index in [2.05, 4.69) is 20.3 Å². The maximum atomic E-state index is 11.5. The van der Waals surface area contributed by atoms with Crippen LogP contribution in [0, 0.1) is 6.92 Å². The molecule has 0 saturated carbocycles. The predicted octanol–water partition coefficient (Wildman–Crippen LogP) is -0.620. The molecule has 2 aromatic rings. The van der Waals surface area contributed by atoms with Gasteiger partial charge in [0.2, 0.25) is 5.91 Å². The minimum absolute atomic E-state index is 0.0122. The Labute approximate surface area is 83.2 Å². The fourth-order valence-electron chi connectivity index (χ4n) is 1.73. The van der Waals surface area contributed by atoms with Gasteiger partial charge in [-0.25, -0.2) is 14.8 Å². The second kappa shape index (κ2) is 2.44. The lowest BCUT2D eigenvalue weighted by Gasteiger charge is -2.13. The summed E-state index contributed by atoms with van der Waals surface area (Å²) in [5.41, 5.74) is 0.689. The molecule has 0 aliphatic carbocycles. The molecule has 76 valence electrons.